The number of hydrogen-bond acceptors (Lipinski definition) is 9. The summed E-state index contributed by atoms with van der Waals surface area (Å²) in [5.41, 5.74) is 1.91. The van der Waals surface area contributed by atoms with Crippen LogP contribution in [0.2, 0.25) is 0 Å². The van der Waals surface area contributed by atoms with Gasteiger partial charge in [0, 0.05) is 17.4 Å². The fourth-order valence-corrected chi connectivity index (χ4v) is 4.82. The standard InChI is InChI=1S/C27H34N4O7/c1-26(2)34-15-19(36-26)21-22-23(38-27(3,4)37-22)25(35-21)31-17-10-8-16(9-11-17)24(33)30-14-20(32)29-13-18-7-5-6-12-28-18/h5-12,19,21-23,25,31H,13-15H2,1-4H3,(H,29,32)(H,30,33)/t19?,21?,22-,23-,25?/m0/s1. The Kier molecular flexibility index (Phi) is 7.38. The summed E-state index contributed by atoms with van der Waals surface area (Å²) in [7, 11) is 0. The molecule has 1 aromatic carbocycles. The van der Waals surface area contributed by atoms with Crippen molar-refractivity contribution in [1.82, 2.24) is 15.6 Å². The molecule has 5 atom stereocenters. The van der Waals surface area contributed by atoms with Gasteiger partial charge in [-0.2, -0.15) is 0 Å². The summed E-state index contributed by atoms with van der Waals surface area (Å²) in [6.07, 6.45) is -0.147. The lowest BCUT2D eigenvalue weighted by Crippen LogP contribution is -2.40. The number of amides is 2. The minimum Gasteiger partial charge on any atom is -0.358 e. The first kappa shape index (κ1) is 26.5. The van der Waals surface area contributed by atoms with Crippen molar-refractivity contribution in [3.8, 4) is 0 Å². The monoisotopic (exact) mass is 526 g/mol. The molecule has 3 aliphatic heterocycles. The van der Waals surface area contributed by atoms with Crippen molar-refractivity contribution >= 4 is 17.5 Å². The van der Waals surface area contributed by atoms with E-state index in [-0.39, 0.29) is 42.8 Å². The summed E-state index contributed by atoms with van der Waals surface area (Å²) in [5, 5.41) is 8.71. The minimum atomic E-state index is -0.752. The highest BCUT2D eigenvalue weighted by molar-refractivity contribution is 5.96. The average Bonchev–Trinajstić information content (AvgIpc) is 3.52. The first-order chi connectivity index (χ1) is 18.1. The zero-order chi connectivity index (χ0) is 26.9. The van der Waals surface area contributed by atoms with Crippen LogP contribution in [0.5, 0.6) is 0 Å². The van der Waals surface area contributed by atoms with Crippen molar-refractivity contribution in [2.75, 3.05) is 18.5 Å². The normalized spacial score (nSPS) is 29.0. The van der Waals surface area contributed by atoms with E-state index >= 15 is 0 Å². The average molecular weight is 527 g/mol. The Bertz CT molecular complexity index is 1140. The summed E-state index contributed by atoms with van der Waals surface area (Å²) < 4.78 is 30.4. The molecule has 0 saturated carbocycles. The van der Waals surface area contributed by atoms with E-state index in [4.69, 9.17) is 23.7 Å². The zero-order valence-corrected chi connectivity index (χ0v) is 21.9. The molecule has 0 spiro atoms. The van der Waals surface area contributed by atoms with Crippen molar-refractivity contribution in [2.45, 2.75) is 76.5 Å². The number of fused-ring (bicyclic) bond motifs is 1. The molecule has 2 aromatic rings. The van der Waals surface area contributed by atoms with Gasteiger partial charge in [-0.15, -0.1) is 0 Å². The highest BCUT2D eigenvalue weighted by Gasteiger charge is 2.59. The topological polar surface area (TPSA) is 129 Å². The first-order valence-corrected chi connectivity index (χ1v) is 12.7. The highest BCUT2D eigenvalue weighted by Crippen LogP contribution is 2.42. The molecule has 0 aliphatic carbocycles. The molecule has 38 heavy (non-hydrogen) atoms. The van der Waals surface area contributed by atoms with Gasteiger partial charge >= 0.3 is 0 Å². The molecular formula is C27H34N4O7. The van der Waals surface area contributed by atoms with Crippen molar-refractivity contribution in [3.05, 3.63) is 59.9 Å². The van der Waals surface area contributed by atoms with E-state index in [2.05, 4.69) is 20.9 Å². The quantitative estimate of drug-likeness (QED) is 0.473. The maximum absolute atomic E-state index is 12.5. The number of carbonyl (C=O) groups excluding carboxylic acids is 2. The van der Waals surface area contributed by atoms with Gasteiger partial charge in [-0.05, 0) is 64.1 Å². The lowest BCUT2D eigenvalue weighted by Gasteiger charge is -2.27. The van der Waals surface area contributed by atoms with Crippen molar-refractivity contribution in [2.24, 2.45) is 0 Å². The molecule has 0 bridgehead atoms. The number of aromatic nitrogens is 1. The SMILES string of the molecule is CC1(C)OCC(C2OC(Nc3ccc(C(=O)NCC(=O)NCc4ccccn4)cc3)[C@H]3OC(C)(C)O[C@@H]23)O1. The highest BCUT2D eigenvalue weighted by atomic mass is 16.8. The van der Waals surface area contributed by atoms with E-state index in [1.807, 2.05) is 39.8 Å². The molecule has 11 nitrogen and oxygen atoms in total. The molecule has 11 heteroatoms. The number of anilines is 1. The van der Waals surface area contributed by atoms with Gasteiger partial charge in [0.25, 0.3) is 5.91 Å². The number of nitrogens with zero attached hydrogens (tertiary/aromatic N) is 1. The van der Waals surface area contributed by atoms with Crippen LogP contribution in [0.1, 0.15) is 43.7 Å². The lowest BCUT2D eigenvalue weighted by molar-refractivity contribution is -0.203. The fourth-order valence-electron chi connectivity index (χ4n) is 4.82. The number of nitrogens with one attached hydrogen (secondary N) is 3. The van der Waals surface area contributed by atoms with E-state index in [1.54, 1.807) is 36.5 Å². The number of hydrogen-bond donors (Lipinski definition) is 3. The van der Waals surface area contributed by atoms with Gasteiger partial charge in [0.1, 0.15) is 24.4 Å². The molecule has 3 saturated heterocycles. The third-order valence-electron chi connectivity index (χ3n) is 6.54. The Morgan fingerprint density at radius 3 is 2.37 bits per heavy atom. The minimum absolute atomic E-state index is 0.136. The van der Waals surface area contributed by atoms with Crippen LogP contribution in [0.4, 0.5) is 5.69 Å². The predicted octanol–water partition coefficient (Wildman–Crippen LogP) is 1.94. The van der Waals surface area contributed by atoms with Crippen molar-refractivity contribution in [3.63, 3.8) is 0 Å². The van der Waals surface area contributed by atoms with Gasteiger partial charge in [0.05, 0.1) is 25.4 Å². The molecule has 3 fully saturated rings. The number of rotatable bonds is 8. The molecule has 204 valence electrons. The van der Waals surface area contributed by atoms with Gasteiger partial charge in [-0.25, -0.2) is 0 Å². The van der Waals surface area contributed by atoms with Crippen LogP contribution in [-0.4, -0.2) is 72.2 Å². The molecule has 4 heterocycles. The van der Waals surface area contributed by atoms with E-state index in [0.29, 0.717) is 18.7 Å². The Hall–Kier alpha value is -3.09. The van der Waals surface area contributed by atoms with Gasteiger partial charge in [-0.1, -0.05) is 6.07 Å². The maximum Gasteiger partial charge on any atom is 0.251 e. The summed E-state index contributed by atoms with van der Waals surface area (Å²) in [6.45, 7) is 8.06. The molecule has 3 N–H and O–H groups in total. The Morgan fingerprint density at radius 2 is 1.68 bits per heavy atom. The second-order valence-electron chi connectivity index (χ2n) is 10.5. The van der Waals surface area contributed by atoms with Crippen LogP contribution in [0.3, 0.4) is 0 Å². The summed E-state index contributed by atoms with van der Waals surface area (Å²) >= 11 is 0. The Morgan fingerprint density at radius 1 is 0.921 bits per heavy atom. The second-order valence-corrected chi connectivity index (χ2v) is 10.5. The third-order valence-corrected chi connectivity index (χ3v) is 6.54. The van der Waals surface area contributed by atoms with E-state index in [0.717, 1.165) is 11.4 Å². The molecule has 3 unspecified atom stereocenters. The van der Waals surface area contributed by atoms with Crippen LogP contribution in [-0.2, 0) is 35.0 Å². The summed E-state index contributed by atoms with van der Waals surface area (Å²) in [4.78, 5) is 28.8. The van der Waals surface area contributed by atoms with Crippen LogP contribution in [0, 0.1) is 0 Å². The summed E-state index contributed by atoms with van der Waals surface area (Å²) in [6, 6.07) is 12.4. The lowest BCUT2D eigenvalue weighted by atomic mass is 10.1. The van der Waals surface area contributed by atoms with Gasteiger partial charge in [0.15, 0.2) is 17.8 Å². The van der Waals surface area contributed by atoms with Gasteiger partial charge < -0.3 is 39.6 Å². The largest absolute Gasteiger partial charge is 0.358 e. The van der Waals surface area contributed by atoms with Crippen molar-refractivity contribution < 1.29 is 33.3 Å². The second kappa shape index (κ2) is 10.6. The summed E-state index contributed by atoms with van der Waals surface area (Å²) in [5.74, 6) is -2.08. The van der Waals surface area contributed by atoms with Crippen molar-refractivity contribution in [1.29, 1.82) is 0 Å². The predicted molar refractivity (Wildman–Crippen MR) is 136 cm³/mol. The number of ether oxygens (including phenoxy) is 5. The third kappa shape index (κ3) is 6.13. The van der Waals surface area contributed by atoms with Crippen LogP contribution in [0.15, 0.2) is 48.7 Å². The van der Waals surface area contributed by atoms with Crippen LogP contribution in [0.25, 0.3) is 0 Å². The molecule has 5 rings (SSSR count). The van der Waals surface area contributed by atoms with Gasteiger partial charge in [0.2, 0.25) is 5.91 Å². The molecule has 0 radical (unpaired) electrons. The van der Waals surface area contributed by atoms with Gasteiger partial charge in [-0.3, -0.25) is 14.6 Å². The first-order valence-electron chi connectivity index (χ1n) is 12.7. The molecule has 2 amide bonds. The van der Waals surface area contributed by atoms with E-state index in [1.165, 1.54) is 0 Å². The van der Waals surface area contributed by atoms with E-state index in [9.17, 15) is 9.59 Å². The Balaban J connectivity index is 1.15. The van der Waals surface area contributed by atoms with Crippen LogP contribution < -0.4 is 16.0 Å². The molecular weight excluding hydrogens is 492 g/mol. The molecule has 1 aromatic heterocycles. The zero-order valence-electron chi connectivity index (χ0n) is 21.9. The number of pyridine rings is 1. The number of carbonyl (C=O) groups is 2. The fraction of sp³-hybridized carbons (Fsp3) is 0.519. The molecule has 3 aliphatic rings. The maximum atomic E-state index is 12.5. The Labute approximate surface area is 221 Å². The smallest absolute Gasteiger partial charge is 0.251 e. The van der Waals surface area contributed by atoms with Crippen LogP contribution >= 0.6 is 0 Å². The number of benzene rings is 1. The van der Waals surface area contributed by atoms with E-state index < -0.39 is 17.8 Å².